The highest BCUT2D eigenvalue weighted by Crippen LogP contribution is 2.32. The molecule has 0 radical (unpaired) electrons. The Labute approximate surface area is 167 Å². The van der Waals surface area contributed by atoms with Crippen LogP contribution in [0.4, 0.5) is 0 Å². The van der Waals surface area contributed by atoms with E-state index in [1.807, 2.05) is 55.5 Å². The second-order valence-corrected chi connectivity index (χ2v) is 7.66. The lowest BCUT2D eigenvalue weighted by atomic mass is 9.82. The Hall–Kier alpha value is -3.05. The van der Waals surface area contributed by atoms with Crippen molar-refractivity contribution in [3.63, 3.8) is 0 Å². The Balaban J connectivity index is 1.53. The van der Waals surface area contributed by atoms with Gasteiger partial charge in [-0.25, -0.2) is 9.50 Å². The van der Waals surface area contributed by atoms with Crippen molar-refractivity contribution in [3.05, 3.63) is 82.1 Å². The van der Waals surface area contributed by atoms with Crippen LogP contribution in [0.5, 0.6) is 0 Å². The molecule has 0 aliphatic heterocycles. The van der Waals surface area contributed by atoms with Gasteiger partial charge < -0.3 is 0 Å². The molecule has 1 atom stereocenters. The van der Waals surface area contributed by atoms with E-state index in [0.717, 1.165) is 16.8 Å². The summed E-state index contributed by atoms with van der Waals surface area (Å²) in [6.07, 6.45) is 2.93. The number of ketones is 1. The highest BCUT2D eigenvalue weighted by atomic mass is 35.5. The Morgan fingerprint density at radius 2 is 1.75 bits per heavy atom. The zero-order chi connectivity index (χ0) is 19.3. The van der Waals surface area contributed by atoms with Crippen molar-refractivity contribution < 1.29 is 4.79 Å². The molecule has 0 spiro atoms. The van der Waals surface area contributed by atoms with Crippen molar-refractivity contribution in [1.82, 2.24) is 19.6 Å². The number of halogens is 1. The van der Waals surface area contributed by atoms with Gasteiger partial charge in [0.1, 0.15) is 0 Å². The molecule has 4 aromatic rings. The molecule has 1 unspecified atom stereocenters. The summed E-state index contributed by atoms with van der Waals surface area (Å²) in [4.78, 5) is 22.0. The van der Waals surface area contributed by atoms with Crippen LogP contribution >= 0.6 is 11.6 Å². The molecular formula is C22H17ClN4O. The first-order valence-corrected chi connectivity index (χ1v) is 9.56. The molecule has 5 rings (SSSR count). The molecule has 1 aliphatic carbocycles. The maximum Gasteiger partial charge on any atom is 0.252 e. The molecule has 0 amide bonds. The van der Waals surface area contributed by atoms with E-state index >= 15 is 0 Å². The molecule has 2 aromatic heterocycles. The minimum Gasteiger partial charge on any atom is -0.294 e. The molecular weight excluding hydrogens is 372 g/mol. The zero-order valence-corrected chi connectivity index (χ0v) is 16.0. The SMILES string of the molecule is Cc1ccc(-c2nc3nc4c(cn3n2)C(=O)CC(c2ccc(Cl)cc2)C4)cc1. The van der Waals surface area contributed by atoms with Gasteiger partial charge in [-0.2, -0.15) is 4.98 Å². The largest absolute Gasteiger partial charge is 0.294 e. The van der Waals surface area contributed by atoms with E-state index in [4.69, 9.17) is 11.6 Å². The van der Waals surface area contributed by atoms with Gasteiger partial charge in [0, 0.05) is 23.2 Å². The van der Waals surface area contributed by atoms with E-state index in [1.165, 1.54) is 5.56 Å². The number of benzene rings is 2. The standard InChI is InChI=1S/C22H17ClN4O/c1-13-2-4-15(5-3-13)21-25-22-24-19-10-16(14-6-8-17(23)9-7-14)11-20(28)18(19)12-27(22)26-21/h2-9,12,16H,10-11H2,1H3. The third kappa shape index (κ3) is 2.98. The predicted molar refractivity (Wildman–Crippen MR) is 108 cm³/mol. The minimum atomic E-state index is 0.0861. The van der Waals surface area contributed by atoms with Crippen LogP contribution in [0.3, 0.4) is 0 Å². The Morgan fingerprint density at radius 1 is 1.00 bits per heavy atom. The third-order valence-electron chi connectivity index (χ3n) is 5.23. The summed E-state index contributed by atoms with van der Waals surface area (Å²) >= 11 is 5.99. The average Bonchev–Trinajstić information content (AvgIpc) is 3.10. The van der Waals surface area contributed by atoms with Gasteiger partial charge >= 0.3 is 0 Å². The molecule has 5 nitrogen and oxygen atoms in total. The quantitative estimate of drug-likeness (QED) is 0.500. The third-order valence-corrected chi connectivity index (χ3v) is 5.49. The first-order chi connectivity index (χ1) is 13.6. The van der Waals surface area contributed by atoms with Crippen LogP contribution in [-0.4, -0.2) is 25.4 Å². The van der Waals surface area contributed by atoms with Crippen molar-refractivity contribution in [2.24, 2.45) is 0 Å². The number of aromatic nitrogens is 4. The number of hydrogen-bond acceptors (Lipinski definition) is 4. The first kappa shape index (κ1) is 17.1. The maximum atomic E-state index is 12.8. The van der Waals surface area contributed by atoms with E-state index in [9.17, 15) is 4.79 Å². The van der Waals surface area contributed by atoms with Crippen LogP contribution in [0.15, 0.2) is 54.7 Å². The summed E-state index contributed by atoms with van der Waals surface area (Å²) < 4.78 is 1.61. The number of carbonyl (C=O) groups excluding carboxylic acids is 1. The molecule has 2 heterocycles. The van der Waals surface area contributed by atoms with Crippen LogP contribution in [0.1, 0.15) is 39.5 Å². The fourth-order valence-electron chi connectivity index (χ4n) is 3.68. The van der Waals surface area contributed by atoms with Crippen LogP contribution in [0, 0.1) is 6.92 Å². The molecule has 0 N–H and O–H groups in total. The first-order valence-electron chi connectivity index (χ1n) is 9.19. The summed E-state index contributed by atoms with van der Waals surface area (Å²) in [7, 11) is 0. The van der Waals surface area contributed by atoms with Crippen molar-refractivity contribution in [3.8, 4) is 11.4 Å². The zero-order valence-electron chi connectivity index (χ0n) is 15.3. The number of aryl methyl sites for hydroxylation is 1. The van der Waals surface area contributed by atoms with Gasteiger partial charge in [-0.15, -0.1) is 5.10 Å². The molecule has 0 fully saturated rings. The average molecular weight is 389 g/mol. The van der Waals surface area contributed by atoms with E-state index in [0.29, 0.717) is 35.0 Å². The van der Waals surface area contributed by atoms with E-state index in [2.05, 4.69) is 15.1 Å². The Bertz CT molecular complexity index is 1200. The Morgan fingerprint density at radius 3 is 2.50 bits per heavy atom. The van der Waals surface area contributed by atoms with E-state index in [1.54, 1.807) is 10.7 Å². The van der Waals surface area contributed by atoms with E-state index < -0.39 is 0 Å². The molecule has 0 saturated carbocycles. The summed E-state index contributed by atoms with van der Waals surface area (Å²) in [6.45, 7) is 2.04. The molecule has 6 heteroatoms. The highest BCUT2D eigenvalue weighted by Gasteiger charge is 2.28. The highest BCUT2D eigenvalue weighted by molar-refractivity contribution is 6.30. The maximum absolute atomic E-state index is 12.8. The second-order valence-electron chi connectivity index (χ2n) is 7.23. The normalized spacial score (nSPS) is 16.4. The van der Waals surface area contributed by atoms with E-state index in [-0.39, 0.29) is 11.7 Å². The number of nitrogens with zero attached hydrogens (tertiary/aromatic N) is 4. The number of rotatable bonds is 2. The monoisotopic (exact) mass is 388 g/mol. The van der Waals surface area contributed by atoms with Crippen molar-refractivity contribution in [2.75, 3.05) is 0 Å². The summed E-state index contributed by atoms with van der Waals surface area (Å²) in [5, 5.41) is 5.21. The van der Waals surface area contributed by atoms with Crippen LogP contribution < -0.4 is 0 Å². The molecule has 138 valence electrons. The lowest BCUT2D eigenvalue weighted by molar-refractivity contribution is 0.0962. The number of carbonyl (C=O) groups is 1. The fraction of sp³-hybridized carbons (Fsp3) is 0.182. The van der Waals surface area contributed by atoms with Gasteiger partial charge in [0.2, 0.25) is 0 Å². The topological polar surface area (TPSA) is 60.1 Å². The van der Waals surface area contributed by atoms with Crippen molar-refractivity contribution >= 4 is 23.2 Å². The summed E-state index contributed by atoms with van der Waals surface area (Å²) in [6, 6.07) is 15.7. The predicted octanol–water partition coefficient (Wildman–Crippen LogP) is 4.67. The van der Waals surface area contributed by atoms with Gasteiger partial charge in [-0.1, -0.05) is 53.6 Å². The van der Waals surface area contributed by atoms with Crippen molar-refractivity contribution in [2.45, 2.75) is 25.7 Å². The number of fused-ring (bicyclic) bond motifs is 2. The second kappa shape index (κ2) is 6.53. The van der Waals surface area contributed by atoms with Crippen molar-refractivity contribution in [1.29, 1.82) is 0 Å². The number of hydrogen-bond donors (Lipinski definition) is 0. The van der Waals surface area contributed by atoms with Gasteiger partial charge in [0.15, 0.2) is 11.6 Å². The lowest BCUT2D eigenvalue weighted by Gasteiger charge is -2.23. The fourth-order valence-corrected chi connectivity index (χ4v) is 3.81. The molecule has 28 heavy (non-hydrogen) atoms. The van der Waals surface area contributed by atoms with Crippen LogP contribution in [0.2, 0.25) is 5.02 Å². The van der Waals surface area contributed by atoms with Crippen LogP contribution in [0.25, 0.3) is 17.2 Å². The molecule has 0 saturated heterocycles. The molecule has 0 bridgehead atoms. The number of Topliss-reactive ketones (excluding diaryl/α,β-unsaturated/α-hetero) is 1. The minimum absolute atomic E-state index is 0.0861. The lowest BCUT2D eigenvalue weighted by Crippen LogP contribution is -2.21. The Kier molecular flexibility index (Phi) is 3.98. The van der Waals surface area contributed by atoms with Gasteiger partial charge in [-0.05, 0) is 37.0 Å². The molecule has 2 aromatic carbocycles. The van der Waals surface area contributed by atoms with Gasteiger partial charge in [-0.3, -0.25) is 4.79 Å². The summed E-state index contributed by atoms with van der Waals surface area (Å²) in [5.74, 6) is 1.31. The van der Waals surface area contributed by atoms with Gasteiger partial charge in [0.25, 0.3) is 5.78 Å². The van der Waals surface area contributed by atoms with Gasteiger partial charge in [0.05, 0.1) is 11.3 Å². The van der Waals surface area contributed by atoms with Crippen LogP contribution in [-0.2, 0) is 6.42 Å². The molecule has 1 aliphatic rings. The summed E-state index contributed by atoms with van der Waals surface area (Å²) in [5.41, 5.74) is 4.64. The smallest absolute Gasteiger partial charge is 0.252 e.